The first-order chi connectivity index (χ1) is 24.0. The first-order valence-electron chi connectivity index (χ1n) is 16.0. The zero-order valence-electron chi connectivity index (χ0n) is 26.7. The van der Waals surface area contributed by atoms with Crippen molar-refractivity contribution in [2.75, 3.05) is 30.8 Å². The Balaban J connectivity index is 1.18. The molecule has 3 aromatic heterocycles. The van der Waals surface area contributed by atoms with Crippen molar-refractivity contribution < 1.29 is 23.1 Å². The number of aromatic nitrogens is 5. The lowest BCUT2D eigenvalue weighted by Crippen LogP contribution is -2.24. The number of nitrogens with one attached hydrogen (secondary N) is 3. The highest BCUT2D eigenvalue weighted by Gasteiger charge is 2.36. The first kappa shape index (κ1) is 34.1. The SMILES string of the molecule is CN[C@H]1CCCn2nc(C(=O)Nc3cccc(-c4cccc(Nc5nc(C(F)(F)F)nc6cc(CN7CC[C@@H](O)C7)cnc56)c4Cl)c3Cl)cc21. The summed E-state index contributed by atoms with van der Waals surface area (Å²) in [6.45, 7) is 2.27. The molecule has 0 aliphatic carbocycles. The van der Waals surface area contributed by atoms with Gasteiger partial charge in [0.25, 0.3) is 5.91 Å². The lowest BCUT2D eigenvalue weighted by molar-refractivity contribution is -0.144. The maximum Gasteiger partial charge on any atom is 0.451 e. The number of halogens is 5. The molecule has 1 amide bonds. The number of fused-ring (bicyclic) bond motifs is 2. The molecule has 2 aromatic carbocycles. The van der Waals surface area contributed by atoms with Crippen LogP contribution in [0.5, 0.6) is 0 Å². The summed E-state index contributed by atoms with van der Waals surface area (Å²) in [6, 6.07) is 13.5. The van der Waals surface area contributed by atoms with Gasteiger partial charge in [-0.3, -0.25) is 19.4 Å². The number of rotatable bonds is 8. The lowest BCUT2D eigenvalue weighted by Gasteiger charge is -2.22. The number of carbonyl (C=O) groups excluding carboxylic acids is 1. The molecule has 0 bridgehead atoms. The summed E-state index contributed by atoms with van der Waals surface area (Å²) in [5.41, 5.74) is 3.51. The second-order valence-electron chi connectivity index (χ2n) is 12.4. The van der Waals surface area contributed by atoms with E-state index >= 15 is 0 Å². The highest BCUT2D eigenvalue weighted by Crippen LogP contribution is 2.41. The zero-order valence-corrected chi connectivity index (χ0v) is 28.2. The molecule has 0 spiro atoms. The Morgan fingerprint density at radius 2 is 1.76 bits per heavy atom. The number of aliphatic hydroxyl groups excluding tert-OH is 1. The number of carbonyl (C=O) groups is 1. The van der Waals surface area contributed by atoms with Gasteiger partial charge in [0.2, 0.25) is 5.82 Å². The van der Waals surface area contributed by atoms with Gasteiger partial charge < -0.3 is 21.1 Å². The summed E-state index contributed by atoms with van der Waals surface area (Å²) in [4.78, 5) is 27.2. The highest BCUT2D eigenvalue weighted by molar-refractivity contribution is 6.39. The average molecular weight is 727 g/mol. The Hall–Kier alpha value is -4.34. The van der Waals surface area contributed by atoms with Crippen LogP contribution in [0.1, 0.15) is 52.9 Å². The fourth-order valence-electron chi connectivity index (χ4n) is 6.45. The van der Waals surface area contributed by atoms with Crippen LogP contribution >= 0.6 is 23.2 Å². The van der Waals surface area contributed by atoms with Gasteiger partial charge in [-0.1, -0.05) is 47.5 Å². The van der Waals surface area contributed by atoms with Crippen LogP contribution in [-0.4, -0.2) is 66.9 Å². The highest BCUT2D eigenvalue weighted by atomic mass is 35.5. The molecule has 2 aliphatic heterocycles. The van der Waals surface area contributed by atoms with Crippen LogP contribution in [0.3, 0.4) is 0 Å². The zero-order chi connectivity index (χ0) is 35.2. The van der Waals surface area contributed by atoms with E-state index in [1.807, 2.05) is 16.6 Å². The van der Waals surface area contributed by atoms with Gasteiger partial charge >= 0.3 is 6.18 Å². The molecule has 0 radical (unpaired) electrons. The molecule has 50 heavy (non-hydrogen) atoms. The Kier molecular flexibility index (Phi) is 9.39. The Morgan fingerprint density at radius 3 is 2.46 bits per heavy atom. The number of aliphatic hydroxyl groups is 1. The first-order valence-corrected chi connectivity index (χ1v) is 16.8. The third-order valence-corrected chi connectivity index (χ3v) is 9.72. The number of amides is 1. The van der Waals surface area contributed by atoms with Crippen molar-refractivity contribution in [3.05, 3.63) is 87.5 Å². The van der Waals surface area contributed by atoms with E-state index in [9.17, 15) is 23.1 Å². The molecule has 0 unspecified atom stereocenters. The van der Waals surface area contributed by atoms with Crippen molar-refractivity contribution >= 4 is 57.3 Å². The van der Waals surface area contributed by atoms with E-state index in [0.717, 1.165) is 25.1 Å². The standard InChI is InChI=1S/C34H32Cl2F3N9O2/c1-40-22-9-4-11-48-27(22)14-26(46-48)32(50)43-24-8-3-6-21(29(24)36)20-5-2-7-23(28(20)35)42-31-30-25(44-33(45-31)34(37,38)39)13-18(15-41-30)16-47-12-10-19(49)17-47/h2-3,5-8,13-15,19,22,40,49H,4,9-12,16-17H2,1H3,(H,43,50)(H,42,44,45)/t19-,22+/m1/s1. The number of aryl methyl sites for hydroxylation is 1. The quantitative estimate of drug-likeness (QED) is 0.136. The van der Waals surface area contributed by atoms with E-state index in [-0.39, 0.29) is 44.3 Å². The maximum absolute atomic E-state index is 14.0. The third kappa shape index (κ3) is 6.86. The van der Waals surface area contributed by atoms with Crippen molar-refractivity contribution in [1.29, 1.82) is 0 Å². The molecule has 2 aliphatic rings. The Bertz CT molecular complexity index is 2090. The van der Waals surface area contributed by atoms with Crippen LogP contribution < -0.4 is 16.0 Å². The summed E-state index contributed by atoms with van der Waals surface area (Å²) >= 11 is 13.7. The van der Waals surface area contributed by atoms with Crippen LogP contribution in [0.25, 0.3) is 22.2 Å². The van der Waals surface area contributed by atoms with Gasteiger partial charge in [-0.15, -0.1) is 0 Å². The van der Waals surface area contributed by atoms with E-state index in [4.69, 9.17) is 23.2 Å². The second kappa shape index (κ2) is 13.8. The van der Waals surface area contributed by atoms with Gasteiger partial charge in [-0.05, 0) is 56.1 Å². The molecule has 2 atom stereocenters. The Morgan fingerprint density at radius 1 is 1.02 bits per heavy atom. The van der Waals surface area contributed by atoms with E-state index in [1.54, 1.807) is 54.7 Å². The van der Waals surface area contributed by atoms with E-state index in [1.165, 1.54) is 0 Å². The fourth-order valence-corrected chi connectivity index (χ4v) is 7.00. The van der Waals surface area contributed by atoms with Crippen LogP contribution in [0.2, 0.25) is 10.0 Å². The number of hydrogen-bond donors (Lipinski definition) is 4. The summed E-state index contributed by atoms with van der Waals surface area (Å²) in [5, 5.41) is 23.8. The molecule has 7 rings (SSSR count). The number of hydrogen-bond acceptors (Lipinski definition) is 9. The van der Waals surface area contributed by atoms with Gasteiger partial charge in [-0.25, -0.2) is 9.97 Å². The summed E-state index contributed by atoms with van der Waals surface area (Å²) < 4.78 is 43.7. The number of nitrogens with zero attached hydrogens (tertiary/aromatic N) is 6. The number of anilines is 3. The smallest absolute Gasteiger partial charge is 0.392 e. The summed E-state index contributed by atoms with van der Waals surface area (Å²) in [7, 11) is 1.87. The molecule has 1 fully saturated rings. The van der Waals surface area contributed by atoms with Gasteiger partial charge in [0, 0.05) is 49.5 Å². The molecule has 16 heteroatoms. The second-order valence-corrected chi connectivity index (χ2v) is 13.1. The molecular formula is C34H32Cl2F3N9O2. The predicted molar refractivity (Wildman–Crippen MR) is 185 cm³/mol. The average Bonchev–Trinajstić information content (AvgIpc) is 3.72. The summed E-state index contributed by atoms with van der Waals surface area (Å²) in [6.07, 6.45) is -1.17. The monoisotopic (exact) mass is 725 g/mol. The van der Waals surface area contributed by atoms with Crippen LogP contribution in [0.15, 0.2) is 54.7 Å². The fraction of sp³-hybridized carbons (Fsp3) is 0.324. The van der Waals surface area contributed by atoms with E-state index < -0.39 is 24.0 Å². The minimum absolute atomic E-state index is 0.00544. The van der Waals surface area contributed by atoms with Crippen molar-refractivity contribution in [1.82, 2.24) is 34.9 Å². The molecule has 0 saturated carbocycles. The van der Waals surface area contributed by atoms with Crippen LogP contribution in [0, 0.1) is 0 Å². The number of β-amino-alcohol motifs (C(OH)–C–C–N with tert-alkyl or cyclic N) is 1. The molecule has 11 nitrogen and oxygen atoms in total. The van der Waals surface area contributed by atoms with Crippen molar-refractivity contribution in [2.45, 2.75) is 50.7 Å². The molecule has 260 valence electrons. The van der Waals surface area contributed by atoms with Crippen molar-refractivity contribution in [2.24, 2.45) is 0 Å². The number of likely N-dealkylation sites (tertiary alicyclic amines) is 1. The van der Waals surface area contributed by atoms with Crippen LogP contribution in [0.4, 0.5) is 30.4 Å². The van der Waals surface area contributed by atoms with Gasteiger partial charge in [0.05, 0.1) is 38.7 Å². The van der Waals surface area contributed by atoms with Gasteiger partial charge in [0.1, 0.15) is 5.52 Å². The topological polar surface area (TPSA) is 133 Å². The minimum Gasteiger partial charge on any atom is -0.392 e. The molecule has 5 heterocycles. The minimum atomic E-state index is -4.83. The number of alkyl halides is 3. The lowest BCUT2D eigenvalue weighted by atomic mass is 10.0. The van der Waals surface area contributed by atoms with E-state index in [0.29, 0.717) is 48.4 Å². The molecule has 5 aromatic rings. The number of pyridine rings is 1. The third-order valence-electron chi connectivity index (χ3n) is 8.90. The molecule has 1 saturated heterocycles. The largest absolute Gasteiger partial charge is 0.451 e. The van der Waals surface area contributed by atoms with Crippen molar-refractivity contribution in [3.63, 3.8) is 0 Å². The Labute approximate surface area is 294 Å². The van der Waals surface area contributed by atoms with E-state index in [2.05, 4.69) is 36.0 Å². The van der Waals surface area contributed by atoms with Gasteiger partial charge in [-0.2, -0.15) is 18.3 Å². The van der Waals surface area contributed by atoms with Crippen LogP contribution in [-0.2, 0) is 19.3 Å². The maximum atomic E-state index is 14.0. The van der Waals surface area contributed by atoms with Crippen molar-refractivity contribution in [3.8, 4) is 11.1 Å². The summed E-state index contributed by atoms with van der Waals surface area (Å²) in [5.74, 6) is -1.94. The number of benzene rings is 2. The van der Waals surface area contributed by atoms with Gasteiger partial charge in [0.15, 0.2) is 11.5 Å². The molecule has 4 N–H and O–H groups in total. The predicted octanol–water partition coefficient (Wildman–Crippen LogP) is 6.83. The molecular weight excluding hydrogens is 694 g/mol. The normalized spacial score (nSPS) is 18.0.